The van der Waals surface area contributed by atoms with Gasteiger partial charge in [-0.15, -0.1) is 0 Å². The van der Waals surface area contributed by atoms with Crippen molar-refractivity contribution in [2.75, 3.05) is 0 Å². The second-order valence-electron chi connectivity index (χ2n) is 3.96. The van der Waals surface area contributed by atoms with Gasteiger partial charge in [0.1, 0.15) is 0 Å². The van der Waals surface area contributed by atoms with Crippen LogP contribution in [-0.2, 0) is 13.0 Å². The molecule has 104 valence electrons. The first kappa shape index (κ1) is 13.9. The minimum Gasteiger partial charge on any atom is -0.358 e. The Morgan fingerprint density at radius 2 is 1.90 bits per heavy atom. The van der Waals surface area contributed by atoms with Crippen LogP contribution in [-0.4, -0.2) is 19.6 Å². The van der Waals surface area contributed by atoms with E-state index < -0.39 is 15.7 Å². The molecule has 0 aliphatic rings. The standard InChI is InChI=1S/C11H9ClN4O4/c12-9-7-14(13-11(9)16(19)20)6-5-8-3-1-2-4-10(8)15(17)18/h1-4,7H,5-6H2. The minimum absolute atomic E-state index is 0.0141. The zero-order valence-corrected chi connectivity index (χ0v) is 10.9. The maximum atomic E-state index is 10.9. The average molecular weight is 297 g/mol. The smallest absolute Gasteiger partial charge is 0.358 e. The van der Waals surface area contributed by atoms with Crippen LogP contribution < -0.4 is 0 Å². The van der Waals surface area contributed by atoms with Gasteiger partial charge in [-0.25, -0.2) is 0 Å². The number of halogens is 1. The van der Waals surface area contributed by atoms with Gasteiger partial charge in [-0.1, -0.05) is 29.8 Å². The number of hydrogen-bond donors (Lipinski definition) is 0. The summed E-state index contributed by atoms with van der Waals surface area (Å²) >= 11 is 5.67. The summed E-state index contributed by atoms with van der Waals surface area (Å²) in [6, 6.07) is 6.32. The van der Waals surface area contributed by atoms with Gasteiger partial charge in [0.15, 0.2) is 5.02 Å². The van der Waals surface area contributed by atoms with E-state index in [2.05, 4.69) is 5.10 Å². The van der Waals surface area contributed by atoms with E-state index >= 15 is 0 Å². The monoisotopic (exact) mass is 296 g/mol. The van der Waals surface area contributed by atoms with Crippen LogP contribution in [0.5, 0.6) is 0 Å². The molecule has 2 aromatic rings. The molecule has 9 heteroatoms. The van der Waals surface area contributed by atoms with Crippen LogP contribution in [0.3, 0.4) is 0 Å². The number of nitrogens with zero attached hydrogens (tertiary/aromatic N) is 4. The Balaban J connectivity index is 2.15. The second kappa shape index (κ2) is 5.66. The molecule has 0 saturated carbocycles. The number of aryl methyl sites for hydroxylation is 2. The summed E-state index contributed by atoms with van der Waals surface area (Å²) < 4.78 is 1.30. The third kappa shape index (κ3) is 2.91. The third-order valence-corrected chi connectivity index (χ3v) is 2.94. The molecule has 1 heterocycles. The fourth-order valence-electron chi connectivity index (χ4n) is 1.76. The van der Waals surface area contributed by atoms with Gasteiger partial charge in [0.25, 0.3) is 5.69 Å². The van der Waals surface area contributed by atoms with Gasteiger partial charge < -0.3 is 10.1 Å². The van der Waals surface area contributed by atoms with Crippen molar-refractivity contribution < 1.29 is 9.85 Å². The van der Waals surface area contributed by atoms with Crippen LogP contribution in [0, 0.1) is 20.2 Å². The number of rotatable bonds is 5. The first-order valence-corrected chi connectivity index (χ1v) is 5.96. The molecule has 0 N–H and O–H groups in total. The normalized spacial score (nSPS) is 10.4. The number of nitro benzene ring substituents is 1. The zero-order chi connectivity index (χ0) is 14.7. The number of benzene rings is 1. The Morgan fingerprint density at radius 1 is 1.20 bits per heavy atom. The van der Waals surface area contributed by atoms with Crippen molar-refractivity contribution >= 4 is 23.1 Å². The van der Waals surface area contributed by atoms with Gasteiger partial charge in [-0.2, -0.15) is 4.68 Å². The Bertz CT molecular complexity index is 670. The maximum absolute atomic E-state index is 10.9. The van der Waals surface area contributed by atoms with Crippen LogP contribution in [0.4, 0.5) is 11.5 Å². The topological polar surface area (TPSA) is 104 Å². The van der Waals surface area contributed by atoms with Gasteiger partial charge in [0, 0.05) is 18.1 Å². The quantitative estimate of drug-likeness (QED) is 0.623. The van der Waals surface area contributed by atoms with Gasteiger partial charge in [0.05, 0.1) is 22.8 Å². The van der Waals surface area contributed by atoms with E-state index in [-0.39, 0.29) is 17.3 Å². The lowest BCUT2D eigenvalue weighted by atomic mass is 10.1. The van der Waals surface area contributed by atoms with Crippen molar-refractivity contribution in [1.82, 2.24) is 9.78 Å². The highest BCUT2D eigenvalue weighted by Crippen LogP contribution is 2.22. The highest BCUT2D eigenvalue weighted by molar-refractivity contribution is 6.32. The molecule has 0 aliphatic carbocycles. The van der Waals surface area contributed by atoms with E-state index in [1.165, 1.54) is 16.9 Å². The molecule has 0 fully saturated rings. The fourth-order valence-corrected chi connectivity index (χ4v) is 1.98. The number of para-hydroxylation sites is 1. The molecule has 0 radical (unpaired) electrons. The molecular weight excluding hydrogens is 288 g/mol. The Morgan fingerprint density at radius 3 is 2.50 bits per heavy atom. The van der Waals surface area contributed by atoms with Gasteiger partial charge in [-0.3, -0.25) is 10.1 Å². The van der Waals surface area contributed by atoms with E-state index in [0.717, 1.165) is 0 Å². The predicted molar refractivity (Wildman–Crippen MR) is 70.7 cm³/mol. The van der Waals surface area contributed by atoms with E-state index in [4.69, 9.17) is 11.6 Å². The molecule has 1 aromatic heterocycles. The van der Waals surface area contributed by atoms with Crippen molar-refractivity contribution in [3.63, 3.8) is 0 Å². The van der Waals surface area contributed by atoms with Gasteiger partial charge in [0.2, 0.25) is 0 Å². The molecule has 1 aromatic carbocycles. The maximum Gasteiger partial charge on any atom is 0.408 e. The molecule has 0 bridgehead atoms. The molecule has 8 nitrogen and oxygen atoms in total. The number of hydrogen-bond acceptors (Lipinski definition) is 5. The van der Waals surface area contributed by atoms with E-state index in [0.29, 0.717) is 12.0 Å². The van der Waals surface area contributed by atoms with Crippen molar-refractivity contribution in [3.05, 3.63) is 61.3 Å². The van der Waals surface area contributed by atoms with E-state index in [1.807, 2.05) is 0 Å². The summed E-state index contributed by atoms with van der Waals surface area (Å²) in [6.45, 7) is 0.262. The van der Waals surface area contributed by atoms with Crippen molar-refractivity contribution in [3.8, 4) is 0 Å². The lowest BCUT2D eigenvalue weighted by Crippen LogP contribution is -2.04. The minimum atomic E-state index is -0.677. The fraction of sp³-hybridized carbons (Fsp3) is 0.182. The first-order chi connectivity index (χ1) is 9.49. The third-order valence-electron chi connectivity index (χ3n) is 2.67. The van der Waals surface area contributed by atoms with Crippen LogP contribution in [0.2, 0.25) is 5.02 Å². The molecular formula is C11H9ClN4O4. The molecule has 0 unspecified atom stereocenters. The predicted octanol–water partition coefficient (Wildman–Crippen LogP) is 2.60. The summed E-state index contributed by atoms with van der Waals surface area (Å²) in [5.74, 6) is -0.422. The molecule has 0 saturated heterocycles. The number of nitro groups is 2. The van der Waals surface area contributed by atoms with Crippen molar-refractivity contribution in [2.45, 2.75) is 13.0 Å². The van der Waals surface area contributed by atoms with Crippen LogP contribution in [0.25, 0.3) is 0 Å². The van der Waals surface area contributed by atoms with Crippen molar-refractivity contribution in [1.29, 1.82) is 0 Å². The second-order valence-corrected chi connectivity index (χ2v) is 4.36. The lowest BCUT2D eigenvalue weighted by molar-refractivity contribution is -0.389. The Kier molecular flexibility index (Phi) is 3.94. The van der Waals surface area contributed by atoms with Gasteiger partial charge >= 0.3 is 5.82 Å². The molecule has 0 amide bonds. The summed E-state index contributed by atoms with van der Waals surface area (Å²) in [7, 11) is 0. The molecule has 0 spiro atoms. The zero-order valence-electron chi connectivity index (χ0n) is 10.1. The Hall–Kier alpha value is -2.48. The summed E-state index contributed by atoms with van der Waals surface area (Å²) in [4.78, 5) is 20.3. The van der Waals surface area contributed by atoms with E-state index in [9.17, 15) is 20.2 Å². The largest absolute Gasteiger partial charge is 0.408 e. The first-order valence-electron chi connectivity index (χ1n) is 5.58. The van der Waals surface area contributed by atoms with Gasteiger partial charge in [-0.05, 0) is 4.92 Å². The summed E-state index contributed by atoms with van der Waals surface area (Å²) in [6.07, 6.45) is 1.65. The summed E-state index contributed by atoms with van der Waals surface area (Å²) in [5.41, 5.74) is 0.548. The van der Waals surface area contributed by atoms with Crippen molar-refractivity contribution in [2.24, 2.45) is 0 Å². The van der Waals surface area contributed by atoms with Crippen LogP contribution in [0.15, 0.2) is 30.5 Å². The lowest BCUT2D eigenvalue weighted by Gasteiger charge is -2.01. The highest BCUT2D eigenvalue weighted by atomic mass is 35.5. The summed E-state index contributed by atoms with van der Waals surface area (Å²) in [5, 5.41) is 25.1. The average Bonchev–Trinajstić information content (AvgIpc) is 2.78. The SMILES string of the molecule is O=[N+]([O-])c1ccccc1CCn1cc(Cl)c([N+](=O)[O-])n1. The van der Waals surface area contributed by atoms with Crippen LogP contribution >= 0.6 is 11.6 Å². The van der Waals surface area contributed by atoms with E-state index in [1.54, 1.807) is 18.2 Å². The molecule has 2 rings (SSSR count). The highest BCUT2D eigenvalue weighted by Gasteiger charge is 2.19. The Labute approximate surface area is 117 Å². The molecule has 0 atom stereocenters. The molecule has 20 heavy (non-hydrogen) atoms. The molecule has 0 aliphatic heterocycles. The van der Waals surface area contributed by atoms with Crippen LogP contribution in [0.1, 0.15) is 5.56 Å². The number of aromatic nitrogens is 2.